The van der Waals surface area contributed by atoms with E-state index in [1.54, 1.807) is 0 Å². The third kappa shape index (κ3) is 12.6. The van der Waals surface area contributed by atoms with Crippen molar-refractivity contribution in [2.75, 3.05) is 33.3 Å². The lowest BCUT2D eigenvalue weighted by molar-refractivity contribution is -0.146. The number of hydrogen-bond acceptors (Lipinski definition) is 11. The first-order chi connectivity index (χ1) is 29.7. The fourth-order valence-corrected chi connectivity index (χ4v) is 9.69. The van der Waals surface area contributed by atoms with Crippen LogP contribution in [0.15, 0.2) is 69.5 Å². The first-order valence-electron chi connectivity index (χ1n) is 21.0. The highest BCUT2D eigenvalue weighted by Gasteiger charge is 2.28. The fourth-order valence-electron chi connectivity index (χ4n) is 7.21. The van der Waals surface area contributed by atoms with E-state index in [0.717, 1.165) is 20.9 Å². The van der Waals surface area contributed by atoms with Gasteiger partial charge in [-0.3, -0.25) is 20.4 Å². The normalized spacial score (nSPS) is 15.6. The van der Waals surface area contributed by atoms with Gasteiger partial charge in [0.05, 0.1) is 51.3 Å². The van der Waals surface area contributed by atoms with Crippen LogP contribution in [0.4, 0.5) is 0 Å². The van der Waals surface area contributed by atoms with Gasteiger partial charge in [-0.1, -0.05) is 90.1 Å². The van der Waals surface area contributed by atoms with Crippen LogP contribution in [0, 0.1) is 11.8 Å². The number of rotatable bonds is 8. The Morgan fingerprint density at radius 1 is 0.667 bits per heavy atom. The average Bonchev–Trinajstić information content (AvgIpc) is 3.85. The molecule has 0 atom stereocenters. The Balaban J connectivity index is 0.000000238. The summed E-state index contributed by atoms with van der Waals surface area (Å²) in [5, 5.41) is 44.2. The number of benzene rings is 2. The molecule has 2 saturated heterocycles. The number of carbonyl (C=O) groups is 2. The van der Waals surface area contributed by atoms with E-state index in [-0.39, 0.29) is 40.1 Å². The Hall–Kier alpha value is -4.90. The molecule has 12 nitrogen and oxygen atoms in total. The smallest absolute Gasteiger partial charge is 0.308 e. The van der Waals surface area contributed by atoms with Crippen molar-refractivity contribution in [3.63, 3.8) is 0 Å². The maximum Gasteiger partial charge on any atom is 0.308 e. The molecule has 0 aliphatic carbocycles. The topological polar surface area (TPSA) is 159 Å². The summed E-state index contributed by atoms with van der Waals surface area (Å²) in [5.41, 5.74) is 13.1. The molecule has 0 radical (unpaired) electrons. The van der Waals surface area contributed by atoms with Crippen molar-refractivity contribution in [3.05, 3.63) is 81.5 Å². The number of piperidine rings is 2. The molecule has 4 aromatic rings. The lowest BCUT2D eigenvalue weighted by Gasteiger charge is -2.31. The van der Waals surface area contributed by atoms with Crippen LogP contribution >= 0.6 is 47.1 Å². The average molecular weight is 933 g/mol. The van der Waals surface area contributed by atoms with Gasteiger partial charge < -0.3 is 29.9 Å². The maximum atomic E-state index is 11.7. The predicted molar refractivity (Wildman–Crippen MR) is 264 cm³/mol. The summed E-state index contributed by atoms with van der Waals surface area (Å²) in [4.78, 5) is 28.3. The third-order valence-corrected chi connectivity index (χ3v) is 14.2. The molecule has 6 rings (SSSR count). The molecule has 5 N–H and O–H groups in total. The van der Waals surface area contributed by atoms with Crippen LogP contribution in [0.25, 0.3) is 20.9 Å². The number of aliphatic carboxylic acids is 1. The number of carboxylic acid groups (broad SMARTS) is 1. The molecule has 338 valence electrons. The lowest BCUT2D eigenvalue weighted by atomic mass is 9.86. The van der Waals surface area contributed by atoms with Crippen molar-refractivity contribution in [1.29, 1.82) is 0 Å². The molecule has 0 amide bonds. The highest BCUT2D eigenvalue weighted by molar-refractivity contribution is 7.80. The number of esters is 1. The molecule has 16 heteroatoms. The molecule has 2 aromatic heterocycles. The third-order valence-electron chi connectivity index (χ3n) is 11.4. The molecular formula is C47H60N6O6S4. The van der Waals surface area contributed by atoms with E-state index >= 15 is 0 Å². The molecule has 2 fully saturated rings. The van der Waals surface area contributed by atoms with Crippen LogP contribution in [0.2, 0.25) is 0 Å². The van der Waals surface area contributed by atoms with Crippen LogP contribution in [0.1, 0.15) is 103 Å². The molecule has 4 heterocycles. The minimum atomic E-state index is -0.746. The van der Waals surface area contributed by atoms with E-state index in [2.05, 4.69) is 86.9 Å². The van der Waals surface area contributed by atoms with E-state index in [0.29, 0.717) is 84.6 Å². The highest BCUT2D eigenvalue weighted by atomic mass is 32.1. The molecular weight excluding hydrogens is 873 g/mol. The molecule has 0 saturated carbocycles. The van der Waals surface area contributed by atoms with Gasteiger partial charge in [-0.2, -0.15) is 10.2 Å². The van der Waals surface area contributed by atoms with Crippen LogP contribution < -0.4 is 10.9 Å². The molecule has 0 spiro atoms. The number of methoxy groups -OCH3 is 1. The second-order valence-corrected chi connectivity index (χ2v) is 20.5. The quantitative estimate of drug-likeness (QED) is 0.0494. The summed E-state index contributed by atoms with van der Waals surface area (Å²) in [7, 11) is 1.42. The first-order valence-corrected chi connectivity index (χ1v) is 23.6. The van der Waals surface area contributed by atoms with Crippen LogP contribution in [-0.4, -0.2) is 92.0 Å². The summed E-state index contributed by atoms with van der Waals surface area (Å²) in [5.74, 6) is -0.833. The summed E-state index contributed by atoms with van der Waals surface area (Å²) in [6.45, 7) is 19.3. The van der Waals surface area contributed by atoms with Crippen molar-refractivity contribution in [3.8, 4) is 32.4 Å². The van der Waals surface area contributed by atoms with E-state index in [9.17, 15) is 19.8 Å². The maximum absolute atomic E-state index is 11.7. The standard InChI is InChI=1S/C24H31N3O3S2.C23H29N3O3S2/c1-15(25-26-23(31)27-12-10-17(11-13-27)22(29)30-5)19-14-32-21(20(19)28)16-6-8-18(9-7-16)24(2,3)4;1-14(24-25-22(30)26-11-9-16(10-12-26)21(28)29)18-13-31-20(19(18)27)15-5-7-17(8-6-15)23(2,3)4/h6-9,14,17,28H,10-13H2,1-5H3,(H,26,31);5-8,13,16,27H,9-12H2,1-4H3,(H,25,30)(H,28,29)/b25-15-;24-14-. The number of ether oxygens (including phenoxy) is 1. The fraction of sp³-hybridized carbons (Fsp3) is 0.447. The molecule has 2 aromatic carbocycles. The Labute approximate surface area is 390 Å². The summed E-state index contributed by atoms with van der Waals surface area (Å²) >= 11 is 13.8. The molecule has 2 aliphatic rings. The van der Waals surface area contributed by atoms with Gasteiger partial charge in [-0.25, -0.2) is 0 Å². The Bertz CT molecular complexity index is 2310. The predicted octanol–water partition coefficient (Wildman–Crippen LogP) is 9.71. The molecule has 2 aliphatic heterocycles. The zero-order valence-corrected chi connectivity index (χ0v) is 40.8. The number of carbonyl (C=O) groups excluding carboxylic acids is 1. The van der Waals surface area contributed by atoms with E-state index in [1.165, 1.54) is 40.9 Å². The van der Waals surface area contributed by atoms with E-state index < -0.39 is 5.97 Å². The highest BCUT2D eigenvalue weighted by Crippen LogP contribution is 2.41. The van der Waals surface area contributed by atoms with Gasteiger partial charge in [-0.15, -0.1) is 22.7 Å². The number of likely N-dealkylation sites (tertiary alicyclic amines) is 2. The Kier molecular flexibility index (Phi) is 16.5. The van der Waals surface area contributed by atoms with E-state index in [4.69, 9.17) is 34.3 Å². The van der Waals surface area contributed by atoms with Gasteiger partial charge in [0.2, 0.25) is 0 Å². The van der Waals surface area contributed by atoms with Crippen LogP contribution in [0.5, 0.6) is 11.5 Å². The zero-order chi connectivity index (χ0) is 46.2. The van der Waals surface area contributed by atoms with E-state index in [1.807, 2.05) is 58.7 Å². The zero-order valence-electron chi connectivity index (χ0n) is 37.6. The Morgan fingerprint density at radius 3 is 1.33 bits per heavy atom. The number of hydrogen-bond donors (Lipinski definition) is 5. The van der Waals surface area contributed by atoms with Crippen LogP contribution in [-0.2, 0) is 25.2 Å². The minimum absolute atomic E-state index is 0.0667. The summed E-state index contributed by atoms with van der Waals surface area (Å²) < 4.78 is 4.83. The molecule has 0 unspecified atom stereocenters. The summed E-state index contributed by atoms with van der Waals surface area (Å²) in [6.07, 6.45) is 2.56. The van der Waals surface area contributed by atoms with Gasteiger partial charge in [0.15, 0.2) is 10.2 Å². The lowest BCUT2D eigenvalue weighted by Crippen LogP contribution is -2.44. The van der Waals surface area contributed by atoms with Gasteiger partial charge in [0, 0.05) is 36.9 Å². The first kappa shape index (κ1) is 49.1. The van der Waals surface area contributed by atoms with Crippen molar-refractivity contribution in [1.82, 2.24) is 20.7 Å². The van der Waals surface area contributed by atoms with Crippen molar-refractivity contribution in [2.45, 2.75) is 91.9 Å². The number of hydrazone groups is 2. The van der Waals surface area contributed by atoms with Gasteiger partial charge in [0.1, 0.15) is 11.5 Å². The van der Waals surface area contributed by atoms with Crippen LogP contribution in [0.3, 0.4) is 0 Å². The van der Waals surface area contributed by atoms with Crippen molar-refractivity contribution in [2.24, 2.45) is 22.0 Å². The largest absolute Gasteiger partial charge is 0.506 e. The van der Waals surface area contributed by atoms with Gasteiger partial charge in [-0.05, 0) is 97.1 Å². The number of aromatic hydroxyl groups is 2. The number of nitrogens with zero attached hydrogens (tertiary/aromatic N) is 4. The SMILES string of the molecule is C/C(=N/NC(=S)N1CCC(C(=O)O)CC1)c1csc(-c2ccc(C(C)(C)C)cc2)c1O.COC(=O)C1CCN(C(=S)N/N=C(/C)c2csc(-c3ccc(C(C)(C)C)cc3)c2O)CC1. The minimum Gasteiger partial charge on any atom is -0.506 e. The van der Waals surface area contributed by atoms with Crippen molar-refractivity contribution >= 4 is 80.7 Å². The second kappa shape index (κ2) is 21.2. The number of nitrogens with one attached hydrogen (secondary N) is 2. The molecule has 63 heavy (non-hydrogen) atoms. The monoisotopic (exact) mass is 932 g/mol. The molecule has 0 bridgehead atoms. The van der Waals surface area contributed by atoms with Gasteiger partial charge in [0.25, 0.3) is 0 Å². The summed E-state index contributed by atoms with van der Waals surface area (Å²) in [6, 6.07) is 16.6. The van der Waals surface area contributed by atoms with Gasteiger partial charge >= 0.3 is 11.9 Å². The Morgan fingerprint density at radius 2 is 1.02 bits per heavy atom. The number of thiocarbonyl (C=S) groups is 2. The number of carboxylic acids is 1. The number of thiophene rings is 2. The van der Waals surface area contributed by atoms with Crippen molar-refractivity contribution < 1.29 is 29.6 Å². The second-order valence-electron chi connectivity index (χ2n) is 17.9.